The molecule has 1 atom stereocenters. The molecule has 23 heavy (non-hydrogen) atoms. The normalized spacial score (nSPS) is 26.1. The van der Waals surface area contributed by atoms with E-state index >= 15 is 0 Å². The number of aryl methyl sites for hydroxylation is 1. The van der Waals surface area contributed by atoms with Gasteiger partial charge in [-0.2, -0.15) is 0 Å². The standard InChI is InChI=1S/C17H27BN2O3/c1-12-8-15(20-7-6-13(10-20)11-21)19-9-14(12)18-22-16(2,3)17(4,5)23-18/h8-9,13,21H,6-7,10-11H2,1-5H3/t13-/m0/s1. The third-order valence-corrected chi connectivity index (χ3v) is 5.51. The number of hydrogen-bond acceptors (Lipinski definition) is 5. The zero-order valence-corrected chi connectivity index (χ0v) is 14.8. The Balaban J connectivity index is 1.79. The second-order valence-corrected chi connectivity index (χ2v) is 7.77. The summed E-state index contributed by atoms with van der Waals surface area (Å²) in [7, 11) is -0.370. The summed E-state index contributed by atoms with van der Waals surface area (Å²) in [5.41, 5.74) is 1.43. The van der Waals surface area contributed by atoms with Crippen molar-refractivity contribution in [3.8, 4) is 0 Å². The van der Waals surface area contributed by atoms with Crippen LogP contribution in [-0.4, -0.2) is 48.1 Å². The lowest BCUT2D eigenvalue weighted by atomic mass is 9.77. The molecule has 0 bridgehead atoms. The number of nitrogens with zero attached hydrogens (tertiary/aromatic N) is 2. The second-order valence-electron chi connectivity index (χ2n) is 7.77. The molecular formula is C17H27BN2O3. The van der Waals surface area contributed by atoms with E-state index in [0.717, 1.165) is 36.4 Å². The van der Waals surface area contributed by atoms with Crippen molar-refractivity contribution in [3.05, 3.63) is 17.8 Å². The van der Waals surface area contributed by atoms with Crippen LogP contribution in [0.3, 0.4) is 0 Å². The van der Waals surface area contributed by atoms with Crippen molar-refractivity contribution < 1.29 is 14.4 Å². The number of aliphatic hydroxyl groups excluding tert-OH is 1. The minimum absolute atomic E-state index is 0.251. The van der Waals surface area contributed by atoms with Crippen molar-refractivity contribution >= 4 is 18.4 Å². The Morgan fingerprint density at radius 1 is 1.30 bits per heavy atom. The SMILES string of the molecule is Cc1cc(N2CC[C@H](CO)C2)ncc1B1OC(C)(C)C(C)(C)O1. The summed E-state index contributed by atoms with van der Waals surface area (Å²) >= 11 is 0. The zero-order chi connectivity index (χ0) is 16.8. The minimum atomic E-state index is -0.370. The number of aromatic nitrogens is 1. The molecule has 2 aliphatic rings. The van der Waals surface area contributed by atoms with E-state index in [4.69, 9.17) is 9.31 Å². The zero-order valence-electron chi connectivity index (χ0n) is 14.8. The molecule has 1 aromatic heterocycles. The molecule has 0 radical (unpaired) electrons. The summed E-state index contributed by atoms with van der Waals surface area (Å²) in [5, 5.41) is 9.29. The van der Waals surface area contributed by atoms with Crippen LogP contribution in [-0.2, 0) is 9.31 Å². The van der Waals surface area contributed by atoms with Crippen LogP contribution in [0.1, 0.15) is 39.7 Å². The first-order chi connectivity index (χ1) is 10.7. The fraction of sp³-hybridized carbons (Fsp3) is 0.706. The van der Waals surface area contributed by atoms with Gasteiger partial charge in [-0.1, -0.05) is 0 Å². The highest BCUT2D eigenvalue weighted by molar-refractivity contribution is 6.62. The summed E-state index contributed by atoms with van der Waals surface area (Å²) in [6.07, 6.45) is 2.90. The maximum absolute atomic E-state index is 9.29. The summed E-state index contributed by atoms with van der Waals surface area (Å²) in [6.45, 7) is 12.4. The largest absolute Gasteiger partial charge is 0.496 e. The Labute approximate surface area is 139 Å². The van der Waals surface area contributed by atoms with Crippen molar-refractivity contribution in [3.63, 3.8) is 0 Å². The van der Waals surface area contributed by atoms with Gasteiger partial charge in [-0.25, -0.2) is 4.98 Å². The van der Waals surface area contributed by atoms with Crippen LogP contribution in [0.2, 0.25) is 0 Å². The topological polar surface area (TPSA) is 54.8 Å². The molecule has 0 spiro atoms. The fourth-order valence-electron chi connectivity index (χ4n) is 3.13. The highest BCUT2D eigenvalue weighted by atomic mass is 16.7. The van der Waals surface area contributed by atoms with Crippen molar-refractivity contribution in [1.82, 2.24) is 4.98 Å². The monoisotopic (exact) mass is 318 g/mol. The van der Waals surface area contributed by atoms with Crippen molar-refractivity contribution in [1.29, 1.82) is 0 Å². The van der Waals surface area contributed by atoms with Gasteiger partial charge in [-0.05, 0) is 52.7 Å². The van der Waals surface area contributed by atoms with Gasteiger partial charge in [0.25, 0.3) is 0 Å². The van der Waals surface area contributed by atoms with Gasteiger partial charge in [0.15, 0.2) is 0 Å². The average Bonchev–Trinajstić information content (AvgIpc) is 3.01. The van der Waals surface area contributed by atoms with E-state index < -0.39 is 0 Å². The molecule has 0 saturated carbocycles. The van der Waals surface area contributed by atoms with Gasteiger partial charge in [0, 0.05) is 37.3 Å². The molecule has 2 aliphatic heterocycles. The van der Waals surface area contributed by atoms with Crippen LogP contribution < -0.4 is 10.4 Å². The van der Waals surface area contributed by atoms with Gasteiger partial charge in [0.1, 0.15) is 5.82 Å². The smallest absolute Gasteiger partial charge is 0.399 e. The third kappa shape index (κ3) is 3.00. The quantitative estimate of drug-likeness (QED) is 0.856. The van der Waals surface area contributed by atoms with Gasteiger partial charge >= 0.3 is 7.12 Å². The van der Waals surface area contributed by atoms with E-state index in [9.17, 15) is 5.11 Å². The predicted octanol–water partition coefficient (Wildman–Crippen LogP) is 1.51. The molecule has 2 saturated heterocycles. The maximum atomic E-state index is 9.29. The molecular weight excluding hydrogens is 291 g/mol. The molecule has 1 aromatic rings. The summed E-state index contributed by atoms with van der Waals surface area (Å²) in [6, 6.07) is 2.10. The predicted molar refractivity (Wildman–Crippen MR) is 92.1 cm³/mol. The molecule has 3 heterocycles. The Kier molecular flexibility index (Phi) is 4.19. The average molecular weight is 318 g/mol. The number of hydrogen-bond donors (Lipinski definition) is 1. The van der Waals surface area contributed by atoms with Crippen molar-refractivity contribution in [2.24, 2.45) is 5.92 Å². The van der Waals surface area contributed by atoms with Gasteiger partial charge in [0.2, 0.25) is 0 Å². The molecule has 0 amide bonds. The Morgan fingerprint density at radius 3 is 2.48 bits per heavy atom. The molecule has 5 nitrogen and oxygen atoms in total. The van der Waals surface area contributed by atoms with E-state index in [1.807, 2.05) is 6.20 Å². The molecule has 126 valence electrons. The van der Waals surface area contributed by atoms with Gasteiger partial charge in [-0.3, -0.25) is 0 Å². The number of pyridine rings is 1. The summed E-state index contributed by atoms with van der Waals surface area (Å²) in [5.74, 6) is 1.33. The number of rotatable bonds is 3. The van der Waals surface area contributed by atoms with E-state index in [2.05, 4.69) is 50.6 Å². The number of aliphatic hydroxyl groups is 1. The Morgan fingerprint density at radius 2 is 1.96 bits per heavy atom. The highest BCUT2D eigenvalue weighted by Crippen LogP contribution is 2.36. The first-order valence-electron chi connectivity index (χ1n) is 8.41. The lowest BCUT2D eigenvalue weighted by molar-refractivity contribution is 0.00578. The molecule has 0 aliphatic carbocycles. The molecule has 6 heteroatoms. The summed E-state index contributed by atoms with van der Waals surface area (Å²) in [4.78, 5) is 6.85. The summed E-state index contributed by atoms with van der Waals surface area (Å²) < 4.78 is 12.2. The lowest BCUT2D eigenvalue weighted by Gasteiger charge is -2.32. The van der Waals surface area contributed by atoms with E-state index in [1.165, 1.54) is 0 Å². The fourth-order valence-corrected chi connectivity index (χ4v) is 3.13. The van der Waals surface area contributed by atoms with Crippen molar-refractivity contribution in [2.75, 3.05) is 24.6 Å². The van der Waals surface area contributed by atoms with Crippen LogP contribution in [0.25, 0.3) is 0 Å². The molecule has 1 N–H and O–H groups in total. The van der Waals surface area contributed by atoms with Gasteiger partial charge < -0.3 is 19.3 Å². The molecule has 0 aromatic carbocycles. The molecule has 2 fully saturated rings. The van der Waals surface area contributed by atoms with Crippen LogP contribution in [0.4, 0.5) is 5.82 Å². The van der Waals surface area contributed by atoms with Crippen LogP contribution in [0, 0.1) is 12.8 Å². The molecule has 0 unspecified atom stereocenters. The van der Waals surface area contributed by atoms with Crippen LogP contribution >= 0.6 is 0 Å². The Hall–Kier alpha value is -1.11. The first kappa shape index (κ1) is 16.7. The van der Waals surface area contributed by atoms with Gasteiger partial charge in [-0.15, -0.1) is 0 Å². The highest BCUT2D eigenvalue weighted by Gasteiger charge is 2.52. The first-order valence-corrected chi connectivity index (χ1v) is 8.41. The number of anilines is 1. The minimum Gasteiger partial charge on any atom is -0.399 e. The Bertz CT molecular complexity index is 575. The van der Waals surface area contributed by atoms with Crippen LogP contribution in [0.5, 0.6) is 0 Å². The maximum Gasteiger partial charge on any atom is 0.496 e. The lowest BCUT2D eigenvalue weighted by Crippen LogP contribution is -2.41. The van der Waals surface area contributed by atoms with Gasteiger partial charge in [0.05, 0.1) is 11.2 Å². The second kappa shape index (κ2) is 5.76. The van der Waals surface area contributed by atoms with Crippen molar-refractivity contribution in [2.45, 2.75) is 52.2 Å². The third-order valence-electron chi connectivity index (χ3n) is 5.51. The van der Waals surface area contributed by atoms with E-state index in [-0.39, 0.29) is 24.9 Å². The molecule has 3 rings (SSSR count). The van der Waals surface area contributed by atoms with Crippen LogP contribution in [0.15, 0.2) is 12.3 Å². The van der Waals surface area contributed by atoms with E-state index in [0.29, 0.717) is 5.92 Å². The van der Waals surface area contributed by atoms with E-state index in [1.54, 1.807) is 0 Å².